The molecule has 0 saturated carbocycles. The Morgan fingerprint density at radius 1 is 0.636 bits per heavy atom. The molecule has 0 aromatic heterocycles. The molecule has 0 spiro atoms. The SMILES string of the molecule is CCC/C=C/CC/C=C/CC/C=C/CCCC(O)C(O)C(COC1OC(CO)C(O)C(O)C1O)NC(=O)C(O)CCCCCCC/C=C\C=C/CCCCC. The summed E-state index contributed by atoms with van der Waals surface area (Å²) in [5, 5.41) is 75.4. The van der Waals surface area contributed by atoms with Crippen molar-refractivity contribution in [2.75, 3.05) is 13.2 Å². The molecule has 0 aliphatic carbocycles. The first-order chi connectivity index (χ1) is 26.7. The molecular weight excluding hydrogens is 702 g/mol. The van der Waals surface area contributed by atoms with Gasteiger partial charge in [0.1, 0.15) is 36.6 Å². The van der Waals surface area contributed by atoms with E-state index < -0.39 is 74.2 Å². The van der Waals surface area contributed by atoms with E-state index in [1.165, 1.54) is 25.7 Å². The van der Waals surface area contributed by atoms with Crippen LogP contribution in [0.5, 0.6) is 0 Å². The van der Waals surface area contributed by atoms with Crippen LogP contribution in [0.25, 0.3) is 0 Å². The summed E-state index contributed by atoms with van der Waals surface area (Å²) in [6.07, 6.45) is 28.4. The smallest absolute Gasteiger partial charge is 0.249 e. The lowest BCUT2D eigenvalue weighted by Crippen LogP contribution is -2.60. The molecule has 0 bridgehead atoms. The van der Waals surface area contributed by atoms with Gasteiger partial charge in [-0.05, 0) is 83.5 Å². The van der Waals surface area contributed by atoms with Gasteiger partial charge in [-0.1, -0.05) is 120 Å². The number of rotatable bonds is 33. The molecule has 8 N–H and O–H groups in total. The highest BCUT2D eigenvalue weighted by Crippen LogP contribution is 2.23. The van der Waals surface area contributed by atoms with Gasteiger partial charge in [-0.2, -0.15) is 0 Å². The lowest BCUT2D eigenvalue weighted by Gasteiger charge is -2.40. The highest BCUT2D eigenvalue weighted by atomic mass is 16.7. The van der Waals surface area contributed by atoms with Crippen molar-refractivity contribution in [2.24, 2.45) is 0 Å². The van der Waals surface area contributed by atoms with E-state index in [2.05, 4.69) is 73.8 Å². The van der Waals surface area contributed by atoms with Crippen molar-refractivity contribution in [3.8, 4) is 0 Å². The number of carbonyl (C=O) groups excluding carboxylic acids is 1. The zero-order valence-electron chi connectivity index (χ0n) is 33.9. The fraction of sp³-hybridized carbons (Fsp3) is 0.750. The van der Waals surface area contributed by atoms with Gasteiger partial charge >= 0.3 is 0 Å². The Kier molecular flexibility index (Phi) is 31.3. The lowest BCUT2D eigenvalue weighted by molar-refractivity contribution is -0.303. The molecule has 0 aromatic carbocycles. The molecule has 9 unspecified atom stereocenters. The van der Waals surface area contributed by atoms with Crippen LogP contribution >= 0.6 is 0 Å². The van der Waals surface area contributed by atoms with Gasteiger partial charge in [0.2, 0.25) is 5.91 Å². The number of amides is 1. The quantitative estimate of drug-likeness (QED) is 0.0223. The summed E-state index contributed by atoms with van der Waals surface area (Å²) in [6.45, 7) is 3.27. The summed E-state index contributed by atoms with van der Waals surface area (Å²) in [4.78, 5) is 13.0. The first kappa shape index (κ1) is 50.8. The minimum atomic E-state index is -1.68. The first-order valence-corrected chi connectivity index (χ1v) is 21.2. The number of nitrogens with one attached hydrogen (secondary N) is 1. The molecule has 0 radical (unpaired) electrons. The van der Waals surface area contributed by atoms with E-state index in [1.54, 1.807) is 0 Å². The average Bonchev–Trinajstić information content (AvgIpc) is 3.18. The Bertz CT molecular complexity index is 1080. The van der Waals surface area contributed by atoms with Gasteiger partial charge in [0.25, 0.3) is 0 Å². The van der Waals surface area contributed by atoms with Crippen LogP contribution < -0.4 is 5.32 Å². The number of unbranched alkanes of at least 4 members (excludes halogenated alkanes) is 12. The standard InChI is InChI=1S/C44H77NO10/c1-3-5-7-9-11-13-15-17-19-21-23-25-27-29-31-36(47)39(49)35(34-54-44-42(52)41(51)40(50)38(33-46)55-44)45-43(53)37(48)32-30-28-26-24-22-20-18-16-14-12-10-8-6-4-2/h7,9,12,14-18,23,25,35-42,44,46-52H,3-6,8,10-11,13,19-22,24,26-34H2,1-2H3,(H,45,53)/b9-7+,14-12-,17-15+,18-16-,25-23+. The third-order valence-electron chi connectivity index (χ3n) is 9.76. The lowest BCUT2D eigenvalue weighted by atomic mass is 9.98. The molecule has 0 aromatic rings. The van der Waals surface area contributed by atoms with Gasteiger partial charge in [0.05, 0.1) is 25.4 Å². The third-order valence-corrected chi connectivity index (χ3v) is 9.76. The fourth-order valence-electron chi connectivity index (χ4n) is 6.17. The second kappa shape index (κ2) is 33.9. The van der Waals surface area contributed by atoms with Crippen molar-refractivity contribution in [2.45, 2.75) is 197 Å². The van der Waals surface area contributed by atoms with Crippen molar-refractivity contribution in [3.05, 3.63) is 60.8 Å². The van der Waals surface area contributed by atoms with E-state index in [1.807, 2.05) is 6.08 Å². The number of carbonyl (C=O) groups is 1. The molecule has 1 fully saturated rings. The number of allylic oxidation sites excluding steroid dienone is 10. The minimum Gasteiger partial charge on any atom is -0.394 e. The molecule has 1 amide bonds. The summed E-state index contributed by atoms with van der Waals surface area (Å²) in [7, 11) is 0. The van der Waals surface area contributed by atoms with Crippen molar-refractivity contribution < 1.29 is 50.0 Å². The molecule has 55 heavy (non-hydrogen) atoms. The van der Waals surface area contributed by atoms with E-state index in [9.17, 15) is 40.5 Å². The largest absolute Gasteiger partial charge is 0.394 e. The zero-order valence-corrected chi connectivity index (χ0v) is 33.9. The van der Waals surface area contributed by atoms with Gasteiger partial charge in [0, 0.05) is 0 Å². The fourth-order valence-corrected chi connectivity index (χ4v) is 6.17. The summed E-state index contributed by atoms with van der Waals surface area (Å²) >= 11 is 0. The van der Waals surface area contributed by atoms with Crippen molar-refractivity contribution in [1.29, 1.82) is 0 Å². The Hall–Kier alpha value is -2.19. The normalized spacial score (nSPS) is 23.1. The topological polar surface area (TPSA) is 189 Å². The van der Waals surface area contributed by atoms with E-state index >= 15 is 0 Å². The Morgan fingerprint density at radius 2 is 1.18 bits per heavy atom. The maximum atomic E-state index is 13.0. The van der Waals surface area contributed by atoms with Crippen molar-refractivity contribution in [1.82, 2.24) is 5.32 Å². The van der Waals surface area contributed by atoms with Gasteiger partial charge in [-0.25, -0.2) is 0 Å². The first-order valence-electron chi connectivity index (χ1n) is 21.2. The molecule has 11 nitrogen and oxygen atoms in total. The maximum absolute atomic E-state index is 13.0. The summed E-state index contributed by atoms with van der Waals surface area (Å²) in [6, 6.07) is -1.20. The van der Waals surface area contributed by atoms with Crippen LogP contribution in [0.1, 0.15) is 142 Å². The van der Waals surface area contributed by atoms with Gasteiger partial charge in [-0.3, -0.25) is 4.79 Å². The zero-order chi connectivity index (χ0) is 40.5. The molecule has 1 saturated heterocycles. The average molecular weight is 780 g/mol. The number of aliphatic hydroxyl groups excluding tert-OH is 7. The van der Waals surface area contributed by atoms with E-state index in [0.29, 0.717) is 19.3 Å². The number of ether oxygens (including phenoxy) is 2. The molecule has 9 atom stereocenters. The second-order valence-corrected chi connectivity index (χ2v) is 14.7. The van der Waals surface area contributed by atoms with Crippen LogP contribution in [0.3, 0.4) is 0 Å². The van der Waals surface area contributed by atoms with Crippen LogP contribution in [0.15, 0.2) is 60.8 Å². The molecular formula is C44H77NO10. The highest BCUT2D eigenvalue weighted by Gasteiger charge is 2.44. The Morgan fingerprint density at radius 3 is 1.78 bits per heavy atom. The Balaban J connectivity index is 2.58. The molecule has 1 heterocycles. The van der Waals surface area contributed by atoms with Crippen molar-refractivity contribution >= 4 is 5.91 Å². The second-order valence-electron chi connectivity index (χ2n) is 14.7. The molecule has 1 aliphatic rings. The van der Waals surface area contributed by atoms with Crippen molar-refractivity contribution in [3.63, 3.8) is 0 Å². The van der Waals surface area contributed by atoms with E-state index in [4.69, 9.17) is 9.47 Å². The summed E-state index contributed by atoms with van der Waals surface area (Å²) in [5.41, 5.74) is 0. The molecule has 1 rings (SSSR count). The predicted molar refractivity (Wildman–Crippen MR) is 219 cm³/mol. The number of hydrogen-bond acceptors (Lipinski definition) is 10. The Labute approximate surface area is 331 Å². The summed E-state index contributed by atoms with van der Waals surface area (Å²) < 4.78 is 11.0. The minimum absolute atomic E-state index is 0.228. The van der Waals surface area contributed by atoms with Gasteiger partial charge in [-0.15, -0.1) is 0 Å². The number of hydrogen-bond donors (Lipinski definition) is 8. The summed E-state index contributed by atoms with van der Waals surface area (Å²) in [5.74, 6) is -0.730. The van der Waals surface area contributed by atoms with Crippen LogP contribution in [-0.4, -0.2) is 110 Å². The van der Waals surface area contributed by atoms with Crippen LogP contribution in [0.4, 0.5) is 0 Å². The molecule has 318 valence electrons. The van der Waals surface area contributed by atoms with E-state index in [0.717, 1.165) is 70.6 Å². The molecule has 1 aliphatic heterocycles. The van der Waals surface area contributed by atoms with Crippen LogP contribution in [0, 0.1) is 0 Å². The van der Waals surface area contributed by atoms with Crippen LogP contribution in [0.2, 0.25) is 0 Å². The number of aliphatic hydroxyl groups is 7. The van der Waals surface area contributed by atoms with Crippen LogP contribution in [-0.2, 0) is 14.3 Å². The maximum Gasteiger partial charge on any atom is 0.249 e. The highest BCUT2D eigenvalue weighted by molar-refractivity contribution is 5.80. The van der Waals surface area contributed by atoms with Gasteiger partial charge < -0.3 is 50.5 Å². The predicted octanol–water partition coefficient (Wildman–Crippen LogP) is 5.99. The monoisotopic (exact) mass is 780 g/mol. The van der Waals surface area contributed by atoms with Gasteiger partial charge in [0.15, 0.2) is 6.29 Å². The molecule has 11 heteroatoms. The van der Waals surface area contributed by atoms with E-state index in [-0.39, 0.29) is 12.8 Å². The third kappa shape index (κ3) is 24.2.